The number of thiazole rings is 1. The summed E-state index contributed by atoms with van der Waals surface area (Å²) in [6, 6.07) is 7.07. The van der Waals surface area contributed by atoms with Gasteiger partial charge in [-0.15, -0.1) is 0 Å². The second-order valence-electron chi connectivity index (χ2n) is 5.00. The molecular formula is C15H16N2O4S2. The van der Waals surface area contributed by atoms with Crippen molar-refractivity contribution in [2.24, 2.45) is 0 Å². The lowest BCUT2D eigenvalue weighted by Crippen LogP contribution is -2.35. The van der Waals surface area contributed by atoms with E-state index in [2.05, 4.69) is 4.98 Å². The Hall–Kier alpha value is -2.06. The molecule has 1 aliphatic heterocycles. The third-order valence-corrected chi connectivity index (χ3v) is 6.61. The second kappa shape index (κ2) is 5.54. The zero-order valence-corrected chi connectivity index (χ0v) is 14.5. The van der Waals surface area contributed by atoms with Crippen molar-refractivity contribution in [2.45, 2.75) is 13.8 Å². The van der Waals surface area contributed by atoms with E-state index in [-0.39, 0.29) is 23.0 Å². The summed E-state index contributed by atoms with van der Waals surface area (Å²) in [5, 5.41) is 11.0. The number of ether oxygens (including phenoxy) is 1. The van der Waals surface area contributed by atoms with Gasteiger partial charge in [0.1, 0.15) is 9.78 Å². The zero-order valence-electron chi connectivity index (χ0n) is 12.9. The number of rotatable bonds is 3. The molecule has 2 aromatic rings. The Morgan fingerprint density at radius 3 is 2.65 bits per heavy atom. The lowest BCUT2D eigenvalue weighted by atomic mass is 10.1. The fraction of sp³-hybridized carbons (Fsp3) is 0.267. The average Bonchev–Trinajstić information content (AvgIpc) is 2.93. The molecule has 1 N–H and O–H groups in total. The molecule has 3 rings (SSSR count). The van der Waals surface area contributed by atoms with Gasteiger partial charge in [0.2, 0.25) is 0 Å². The molecule has 0 saturated heterocycles. The van der Waals surface area contributed by atoms with Gasteiger partial charge in [-0.25, -0.2) is 12.7 Å². The molecule has 0 spiro atoms. The molecule has 1 aromatic carbocycles. The molecule has 0 radical (unpaired) electrons. The smallest absolute Gasteiger partial charge is 0.275 e. The first-order chi connectivity index (χ1) is 10.9. The van der Waals surface area contributed by atoms with Crippen LogP contribution in [0.15, 0.2) is 24.3 Å². The number of nitrogens with zero attached hydrogens (tertiary/aromatic N) is 2. The lowest BCUT2D eigenvalue weighted by molar-refractivity contribution is 0.412. The number of benzene rings is 1. The summed E-state index contributed by atoms with van der Waals surface area (Å²) in [5.41, 5.74) is 1.26. The zero-order chi connectivity index (χ0) is 16.8. The number of fused-ring (bicyclic) bond motifs is 1. The monoisotopic (exact) mass is 352 g/mol. The summed E-state index contributed by atoms with van der Waals surface area (Å²) in [5.74, 6) is -0.0658. The number of aromatic nitrogens is 1. The quantitative estimate of drug-likeness (QED) is 0.918. The highest BCUT2D eigenvalue weighted by atomic mass is 32.2. The van der Waals surface area contributed by atoms with Crippen LogP contribution in [0.4, 0.5) is 5.82 Å². The summed E-state index contributed by atoms with van der Waals surface area (Å²) < 4.78 is 32.3. The van der Waals surface area contributed by atoms with Crippen molar-refractivity contribution in [2.75, 3.05) is 18.0 Å². The summed E-state index contributed by atoms with van der Waals surface area (Å²) in [4.78, 5) is 4.48. The minimum absolute atomic E-state index is 0.0868. The van der Waals surface area contributed by atoms with Crippen LogP contribution in [0.1, 0.15) is 22.9 Å². The molecule has 122 valence electrons. The third-order valence-electron chi connectivity index (χ3n) is 3.66. The molecule has 0 amide bonds. The van der Waals surface area contributed by atoms with Gasteiger partial charge in [-0.2, -0.15) is 4.98 Å². The van der Waals surface area contributed by atoms with Crippen molar-refractivity contribution < 1.29 is 18.3 Å². The fourth-order valence-electron chi connectivity index (χ4n) is 2.57. The van der Waals surface area contributed by atoms with E-state index in [4.69, 9.17) is 4.74 Å². The number of sulfonamides is 1. The van der Waals surface area contributed by atoms with Gasteiger partial charge < -0.3 is 9.84 Å². The van der Waals surface area contributed by atoms with Crippen molar-refractivity contribution in [3.63, 3.8) is 0 Å². The number of aliphatic hydroxyl groups is 1. The van der Waals surface area contributed by atoms with Gasteiger partial charge in [-0.1, -0.05) is 35.6 Å². The van der Waals surface area contributed by atoms with E-state index in [1.807, 2.05) is 19.1 Å². The topological polar surface area (TPSA) is 79.7 Å². The summed E-state index contributed by atoms with van der Waals surface area (Å²) in [6.07, 6.45) is 0. The van der Waals surface area contributed by atoms with Crippen LogP contribution in [-0.2, 0) is 10.0 Å². The average molecular weight is 352 g/mol. The van der Waals surface area contributed by atoms with E-state index in [0.29, 0.717) is 15.6 Å². The number of aliphatic hydroxyl groups excluding tert-OH is 1. The normalized spacial score (nSPS) is 16.4. The van der Waals surface area contributed by atoms with E-state index in [0.717, 1.165) is 16.9 Å². The third kappa shape index (κ3) is 2.29. The number of hydrogen-bond donors (Lipinski definition) is 1. The first kappa shape index (κ1) is 15.8. The first-order valence-electron chi connectivity index (χ1n) is 6.99. The van der Waals surface area contributed by atoms with Gasteiger partial charge in [-0.3, -0.25) is 0 Å². The van der Waals surface area contributed by atoms with Crippen LogP contribution in [0.2, 0.25) is 0 Å². The molecule has 0 bridgehead atoms. The predicted molar refractivity (Wildman–Crippen MR) is 91.2 cm³/mol. The minimum atomic E-state index is -3.90. The van der Waals surface area contributed by atoms with Crippen LogP contribution in [0.5, 0.6) is 5.19 Å². The fourth-order valence-corrected chi connectivity index (χ4v) is 5.30. The van der Waals surface area contributed by atoms with Crippen LogP contribution in [0.25, 0.3) is 10.7 Å². The summed E-state index contributed by atoms with van der Waals surface area (Å²) in [6.45, 7) is 3.75. The molecule has 1 aliphatic rings. The SMILES string of the molecule is CCN1c2nc(OC)sc2C(O)=C(c2ccccc2C)S1(=O)=O. The Kier molecular flexibility index (Phi) is 3.81. The molecule has 0 unspecified atom stereocenters. The van der Waals surface area contributed by atoms with Gasteiger partial charge in [0.15, 0.2) is 11.6 Å². The standard InChI is InChI=1S/C15H16N2O4S2/c1-4-17-14-12(22-15(16-14)21-3)11(18)13(23(17,19)20)10-8-6-5-7-9(10)2/h5-8,18H,4H2,1-3H3. The molecule has 0 saturated carbocycles. The second-order valence-corrected chi connectivity index (χ2v) is 7.76. The predicted octanol–water partition coefficient (Wildman–Crippen LogP) is 3.01. The Morgan fingerprint density at radius 1 is 1.35 bits per heavy atom. The van der Waals surface area contributed by atoms with Gasteiger partial charge in [-0.05, 0) is 19.4 Å². The highest BCUT2D eigenvalue weighted by Gasteiger charge is 2.40. The van der Waals surface area contributed by atoms with Crippen LogP contribution in [0, 0.1) is 6.92 Å². The highest BCUT2D eigenvalue weighted by molar-refractivity contribution is 8.02. The minimum Gasteiger partial charge on any atom is -0.505 e. The molecule has 0 fully saturated rings. The Morgan fingerprint density at radius 2 is 2.04 bits per heavy atom. The number of methoxy groups -OCH3 is 1. The lowest BCUT2D eigenvalue weighted by Gasteiger charge is -2.28. The van der Waals surface area contributed by atoms with Crippen LogP contribution in [0.3, 0.4) is 0 Å². The van der Waals surface area contributed by atoms with Gasteiger partial charge in [0, 0.05) is 12.1 Å². The Balaban J connectivity index is 2.37. The van der Waals surface area contributed by atoms with E-state index in [1.165, 1.54) is 11.4 Å². The van der Waals surface area contributed by atoms with E-state index in [1.54, 1.807) is 19.1 Å². The van der Waals surface area contributed by atoms with Gasteiger partial charge in [0.05, 0.1) is 7.11 Å². The molecule has 2 heterocycles. The maximum Gasteiger partial charge on any atom is 0.275 e. The van der Waals surface area contributed by atoms with Gasteiger partial charge >= 0.3 is 0 Å². The molecular weight excluding hydrogens is 336 g/mol. The molecule has 1 aromatic heterocycles. The van der Waals surface area contributed by atoms with Crippen LogP contribution in [-0.4, -0.2) is 32.2 Å². The van der Waals surface area contributed by atoms with E-state index in [9.17, 15) is 13.5 Å². The summed E-state index contributed by atoms with van der Waals surface area (Å²) >= 11 is 1.12. The molecule has 8 heteroatoms. The first-order valence-corrected chi connectivity index (χ1v) is 9.24. The van der Waals surface area contributed by atoms with Crippen molar-refractivity contribution in [1.29, 1.82) is 0 Å². The van der Waals surface area contributed by atoms with E-state index < -0.39 is 10.0 Å². The van der Waals surface area contributed by atoms with Gasteiger partial charge in [0.25, 0.3) is 15.2 Å². The van der Waals surface area contributed by atoms with Crippen molar-refractivity contribution in [1.82, 2.24) is 4.98 Å². The maximum atomic E-state index is 13.0. The highest BCUT2D eigenvalue weighted by Crippen LogP contribution is 2.46. The number of aryl methyl sites for hydroxylation is 1. The molecule has 0 aliphatic carbocycles. The van der Waals surface area contributed by atoms with Crippen molar-refractivity contribution >= 4 is 37.8 Å². The number of hydrogen-bond acceptors (Lipinski definition) is 6. The van der Waals surface area contributed by atoms with Crippen molar-refractivity contribution in [3.05, 3.63) is 40.3 Å². The number of anilines is 1. The Bertz CT molecular complexity index is 900. The van der Waals surface area contributed by atoms with Crippen LogP contribution >= 0.6 is 11.3 Å². The molecule has 23 heavy (non-hydrogen) atoms. The maximum absolute atomic E-state index is 13.0. The Labute approximate surface area is 138 Å². The molecule has 0 atom stereocenters. The van der Waals surface area contributed by atoms with E-state index >= 15 is 0 Å². The van der Waals surface area contributed by atoms with Crippen molar-refractivity contribution in [3.8, 4) is 5.19 Å². The largest absolute Gasteiger partial charge is 0.505 e. The molecule has 6 nitrogen and oxygen atoms in total. The van der Waals surface area contributed by atoms with Crippen LogP contribution < -0.4 is 9.04 Å². The summed E-state index contributed by atoms with van der Waals surface area (Å²) in [7, 11) is -2.44.